The largest absolute Gasteiger partial charge is 0.366 e. The normalized spacial score (nSPS) is 14.6. The lowest BCUT2D eigenvalue weighted by atomic mass is 9.86. The van der Waals surface area contributed by atoms with Gasteiger partial charge in [0.05, 0.1) is 5.56 Å². The summed E-state index contributed by atoms with van der Waals surface area (Å²) in [4.78, 5) is 12.4. The van der Waals surface area contributed by atoms with Crippen LogP contribution in [0.3, 0.4) is 0 Å². The molecule has 0 atom stereocenters. The lowest BCUT2D eigenvalue weighted by Gasteiger charge is -2.19. The Kier molecular flexibility index (Phi) is 5.50. The Morgan fingerprint density at radius 3 is 2.26 bits per heavy atom. The standard InChI is InChI=1S/C24H34N2O/c1-6-7-8-9-20-22(17-10-12-18(13-11-17)24(3,4)5)21(23(25)27)16(2)26(20)19-14-15-19/h10-13,19H,6-9,14-15H2,1-5H3,(H2,25,27). The summed E-state index contributed by atoms with van der Waals surface area (Å²) in [7, 11) is 0. The van der Waals surface area contributed by atoms with E-state index in [1.165, 1.54) is 36.9 Å². The molecule has 3 nitrogen and oxygen atoms in total. The van der Waals surface area contributed by atoms with E-state index in [4.69, 9.17) is 5.73 Å². The van der Waals surface area contributed by atoms with Crippen LogP contribution in [0.5, 0.6) is 0 Å². The number of amides is 1. The molecular weight excluding hydrogens is 332 g/mol. The number of hydrogen-bond acceptors (Lipinski definition) is 1. The van der Waals surface area contributed by atoms with Crippen molar-refractivity contribution in [2.24, 2.45) is 5.73 Å². The lowest BCUT2D eigenvalue weighted by molar-refractivity contribution is 0.1000. The number of hydrogen-bond donors (Lipinski definition) is 1. The van der Waals surface area contributed by atoms with Crippen LogP contribution >= 0.6 is 0 Å². The third-order valence-electron chi connectivity index (χ3n) is 5.77. The summed E-state index contributed by atoms with van der Waals surface area (Å²) in [5.74, 6) is -0.307. The van der Waals surface area contributed by atoms with E-state index in [2.05, 4.69) is 63.5 Å². The summed E-state index contributed by atoms with van der Waals surface area (Å²) < 4.78 is 2.42. The molecule has 2 aromatic rings. The van der Waals surface area contributed by atoms with E-state index < -0.39 is 0 Å². The first-order chi connectivity index (χ1) is 12.8. The molecular formula is C24H34N2O. The summed E-state index contributed by atoms with van der Waals surface area (Å²) >= 11 is 0. The van der Waals surface area contributed by atoms with Crippen molar-refractivity contribution in [3.05, 3.63) is 46.8 Å². The van der Waals surface area contributed by atoms with Crippen LogP contribution in [0.2, 0.25) is 0 Å². The van der Waals surface area contributed by atoms with Crippen molar-refractivity contribution >= 4 is 5.91 Å². The Morgan fingerprint density at radius 2 is 1.78 bits per heavy atom. The Labute approximate surface area is 164 Å². The van der Waals surface area contributed by atoms with Gasteiger partial charge in [0.2, 0.25) is 0 Å². The number of primary amides is 1. The van der Waals surface area contributed by atoms with E-state index in [1.807, 2.05) is 0 Å². The molecule has 0 unspecified atom stereocenters. The highest BCUT2D eigenvalue weighted by molar-refractivity contribution is 6.02. The van der Waals surface area contributed by atoms with Crippen LogP contribution in [0.4, 0.5) is 0 Å². The van der Waals surface area contributed by atoms with Gasteiger partial charge >= 0.3 is 0 Å². The van der Waals surface area contributed by atoms with Gasteiger partial charge in [-0.3, -0.25) is 4.79 Å². The zero-order valence-corrected chi connectivity index (χ0v) is 17.6. The first kappa shape index (κ1) is 19.7. The number of carbonyl (C=O) groups excluding carboxylic acids is 1. The van der Waals surface area contributed by atoms with Gasteiger partial charge in [0.25, 0.3) is 5.91 Å². The fourth-order valence-electron chi connectivity index (χ4n) is 4.13. The smallest absolute Gasteiger partial charge is 0.251 e. The highest BCUT2D eigenvalue weighted by Crippen LogP contribution is 2.43. The SMILES string of the molecule is CCCCCc1c(-c2ccc(C(C)(C)C)cc2)c(C(N)=O)c(C)n1C1CC1. The van der Waals surface area contributed by atoms with Crippen molar-refractivity contribution < 1.29 is 4.79 Å². The van der Waals surface area contributed by atoms with Crippen LogP contribution in [-0.4, -0.2) is 10.5 Å². The van der Waals surface area contributed by atoms with Gasteiger partial charge in [-0.25, -0.2) is 0 Å². The van der Waals surface area contributed by atoms with Crippen LogP contribution in [0.1, 0.15) is 93.2 Å². The Bertz CT molecular complexity index is 818. The van der Waals surface area contributed by atoms with Crippen molar-refractivity contribution in [1.82, 2.24) is 4.57 Å². The summed E-state index contributed by atoms with van der Waals surface area (Å²) in [5.41, 5.74) is 12.5. The highest BCUT2D eigenvalue weighted by atomic mass is 16.1. The molecule has 1 aliphatic rings. The molecule has 1 aromatic carbocycles. The lowest BCUT2D eigenvalue weighted by Crippen LogP contribution is -2.13. The predicted molar refractivity (Wildman–Crippen MR) is 113 cm³/mol. The molecule has 1 saturated carbocycles. The number of nitrogens with zero attached hydrogens (tertiary/aromatic N) is 1. The van der Waals surface area contributed by atoms with Gasteiger partial charge in [0.15, 0.2) is 0 Å². The number of benzene rings is 1. The second-order valence-electron chi connectivity index (χ2n) is 9.03. The predicted octanol–water partition coefficient (Wildman–Crippen LogP) is 5.93. The Balaban J connectivity index is 2.14. The van der Waals surface area contributed by atoms with Gasteiger partial charge in [0, 0.05) is 23.0 Å². The molecule has 1 amide bonds. The van der Waals surface area contributed by atoms with Gasteiger partial charge in [-0.15, -0.1) is 0 Å². The fraction of sp³-hybridized carbons (Fsp3) is 0.542. The van der Waals surface area contributed by atoms with Crippen molar-refractivity contribution in [3.8, 4) is 11.1 Å². The molecule has 1 heterocycles. The average Bonchev–Trinajstić information content (AvgIpc) is 3.38. The topological polar surface area (TPSA) is 48.0 Å². The highest BCUT2D eigenvalue weighted by Gasteiger charge is 2.32. The van der Waals surface area contributed by atoms with Crippen LogP contribution in [0, 0.1) is 6.92 Å². The van der Waals surface area contributed by atoms with Gasteiger partial charge in [-0.05, 0) is 49.1 Å². The summed E-state index contributed by atoms with van der Waals surface area (Å²) in [6.07, 6.45) is 6.98. The number of carbonyl (C=O) groups is 1. The van der Waals surface area contributed by atoms with Crippen LogP contribution in [-0.2, 0) is 11.8 Å². The van der Waals surface area contributed by atoms with E-state index in [-0.39, 0.29) is 11.3 Å². The number of unbranched alkanes of at least 4 members (excludes halogenated alkanes) is 2. The zero-order valence-electron chi connectivity index (χ0n) is 17.6. The number of aromatic nitrogens is 1. The molecule has 0 bridgehead atoms. The molecule has 0 spiro atoms. The quantitative estimate of drug-likeness (QED) is 0.607. The Morgan fingerprint density at radius 1 is 1.15 bits per heavy atom. The van der Waals surface area contributed by atoms with Crippen molar-refractivity contribution in [2.45, 2.75) is 84.6 Å². The van der Waals surface area contributed by atoms with Gasteiger partial charge in [-0.2, -0.15) is 0 Å². The molecule has 0 radical (unpaired) electrons. The van der Waals surface area contributed by atoms with Crippen molar-refractivity contribution in [3.63, 3.8) is 0 Å². The van der Waals surface area contributed by atoms with E-state index in [0.717, 1.165) is 35.2 Å². The maximum Gasteiger partial charge on any atom is 0.251 e. The molecule has 1 fully saturated rings. The monoisotopic (exact) mass is 366 g/mol. The molecule has 2 N–H and O–H groups in total. The molecule has 1 aromatic heterocycles. The molecule has 0 aliphatic heterocycles. The van der Waals surface area contributed by atoms with Crippen LogP contribution < -0.4 is 5.73 Å². The summed E-state index contributed by atoms with van der Waals surface area (Å²) in [6, 6.07) is 9.27. The van der Waals surface area contributed by atoms with Gasteiger partial charge in [-0.1, -0.05) is 64.8 Å². The van der Waals surface area contributed by atoms with Crippen LogP contribution in [0.15, 0.2) is 24.3 Å². The van der Waals surface area contributed by atoms with E-state index >= 15 is 0 Å². The maximum absolute atomic E-state index is 12.4. The maximum atomic E-state index is 12.4. The van der Waals surface area contributed by atoms with Gasteiger partial charge < -0.3 is 10.3 Å². The molecule has 3 rings (SSSR count). The van der Waals surface area contributed by atoms with E-state index in [1.54, 1.807) is 0 Å². The van der Waals surface area contributed by atoms with Crippen molar-refractivity contribution in [2.75, 3.05) is 0 Å². The molecule has 146 valence electrons. The fourth-order valence-corrected chi connectivity index (χ4v) is 4.13. The molecule has 3 heteroatoms. The number of rotatable bonds is 7. The summed E-state index contributed by atoms with van der Waals surface area (Å²) in [5, 5.41) is 0. The van der Waals surface area contributed by atoms with E-state index in [9.17, 15) is 4.79 Å². The van der Waals surface area contributed by atoms with Crippen LogP contribution in [0.25, 0.3) is 11.1 Å². The third-order valence-corrected chi connectivity index (χ3v) is 5.77. The third kappa shape index (κ3) is 3.97. The number of nitrogens with two attached hydrogens (primary N) is 1. The minimum Gasteiger partial charge on any atom is -0.366 e. The second-order valence-corrected chi connectivity index (χ2v) is 9.03. The average molecular weight is 367 g/mol. The minimum absolute atomic E-state index is 0.116. The van der Waals surface area contributed by atoms with Crippen molar-refractivity contribution in [1.29, 1.82) is 0 Å². The minimum atomic E-state index is -0.307. The first-order valence-corrected chi connectivity index (χ1v) is 10.4. The van der Waals surface area contributed by atoms with Gasteiger partial charge in [0.1, 0.15) is 0 Å². The molecule has 1 aliphatic carbocycles. The molecule has 0 saturated heterocycles. The van der Waals surface area contributed by atoms with E-state index in [0.29, 0.717) is 6.04 Å². The Hall–Kier alpha value is -2.03. The molecule has 27 heavy (non-hydrogen) atoms. The summed E-state index contributed by atoms with van der Waals surface area (Å²) in [6.45, 7) is 11.0. The zero-order chi connectivity index (χ0) is 19.8. The first-order valence-electron chi connectivity index (χ1n) is 10.4. The second kappa shape index (κ2) is 7.53.